The lowest BCUT2D eigenvalue weighted by Gasteiger charge is -1.99. The van der Waals surface area contributed by atoms with Crippen LogP contribution >= 0.6 is 0 Å². The molecule has 0 N–H and O–H groups in total. The number of aliphatic imine (C=N–C) groups is 1. The highest BCUT2D eigenvalue weighted by Crippen LogP contribution is 2.06. The molecule has 0 saturated carbocycles. The van der Waals surface area contributed by atoms with E-state index in [0.717, 1.165) is 22.9 Å². The first-order valence-electron chi connectivity index (χ1n) is 6.81. The van der Waals surface area contributed by atoms with Crippen LogP contribution in [0, 0.1) is 5.82 Å². The zero-order valence-corrected chi connectivity index (χ0v) is 12.8. The summed E-state index contributed by atoms with van der Waals surface area (Å²) in [6.45, 7) is 5.21. The maximum Gasteiger partial charge on any atom is 0.123 e. The maximum absolute atomic E-state index is 12.9. The molecule has 0 aromatic heterocycles. The van der Waals surface area contributed by atoms with Crippen LogP contribution in [0.5, 0.6) is 0 Å². The first-order chi connectivity index (χ1) is 10.6. The van der Waals surface area contributed by atoms with Crippen molar-refractivity contribution in [1.82, 2.24) is 0 Å². The number of hydrogen-bond donors (Lipinski definition) is 0. The Morgan fingerprint density at radius 1 is 1.09 bits per heavy atom. The van der Waals surface area contributed by atoms with Crippen molar-refractivity contribution in [2.75, 3.05) is 7.05 Å². The van der Waals surface area contributed by atoms with E-state index >= 15 is 0 Å². The zero-order valence-electron chi connectivity index (χ0n) is 12.8. The second kappa shape index (κ2) is 9.40. The Hall–Kier alpha value is -2.55. The highest BCUT2D eigenvalue weighted by molar-refractivity contribution is 6.08. The van der Waals surface area contributed by atoms with Crippen LogP contribution in [-0.4, -0.2) is 12.8 Å². The van der Waals surface area contributed by atoms with E-state index in [-0.39, 0.29) is 11.6 Å². The molecule has 0 heterocycles. The third-order valence-electron chi connectivity index (χ3n) is 2.81. The number of hydrogen-bond acceptors (Lipinski definition) is 1. The van der Waals surface area contributed by atoms with Crippen LogP contribution in [0.4, 0.5) is 8.78 Å². The van der Waals surface area contributed by atoms with E-state index in [1.807, 2.05) is 31.2 Å². The van der Waals surface area contributed by atoms with Gasteiger partial charge in [-0.05, 0) is 55.0 Å². The van der Waals surface area contributed by atoms with Gasteiger partial charge in [-0.2, -0.15) is 0 Å². The normalized spacial score (nSPS) is 14.1. The van der Waals surface area contributed by atoms with Gasteiger partial charge in [0.15, 0.2) is 0 Å². The van der Waals surface area contributed by atoms with Crippen molar-refractivity contribution in [3.05, 3.63) is 96.2 Å². The molecule has 0 atom stereocenters. The first-order valence-corrected chi connectivity index (χ1v) is 6.81. The third-order valence-corrected chi connectivity index (χ3v) is 2.81. The smallest absolute Gasteiger partial charge is 0.123 e. The molecule has 0 unspecified atom stereocenters. The van der Waals surface area contributed by atoms with Crippen molar-refractivity contribution < 1.29 is 8.78 Å². The molecule has 3 heteroatoms. The molecule has 0 spiro atoms. The van der Waals surface area contributed by atoms with Gasteiger partial charge < -0.3 is 0 Å². The van der Waals surface area contributed by atoms with Gasteiger partial charge in [0.2, 0.25) is 0 Å². The maximum atomic E-state index is 12.9. The minimum atomic E-state index is -0.375. The number of halogens is 2. The molecule has 0 fully saturated rings. The van der Waals surface area contributed by atoms with Crippen LogP contribution in [0.15, 0.2) is 89.8 Å². The molecule has 0 aliphatic rings. The Bertz CT molecular complexity index is 645. The SMILES string of the molecule is C=C\C(F)=C/C=C(C)/C=C\C=C/C(=NC)c1ccc(F)cc1. The van der Waals surface area contributed by atoms with Crippen molar-refractivity contribution in [2.45, 2.75) is 6.92 Å². The lowest BCUT2D eigenvalue weighted by atomic mass is 10.1. The van der Waals surface area contributed by atoms with Gasteiger partial charge in [0, 0.05) is 7.05 Å². The number of nitrogens with zero attached hydrogens (tertiary/aromatic N) is 1. The molecule has 0 saturated heterocycles. The average molecular weight is 299 g/mol. The van der Waals surface area contributed by atoms with Crippen molar-refractivity contribution >= 4 is 5.71 Å². The van der Waals surface area contributed by atoms with Crippen LogP contribution in [-0.2, 0) is 0 Å². The topological polar surface area (TPSA) is 12.4 Å². The lowest BCUT2D eigenvalue weighted by molar-refractivity contribution is 0.628. The quantitative estimate of drug-likeness (QED) is 0.496. The van der Waals surface area contributed by atoms with Gasteiger partial charge in [0.1, 0.15) is 11.6 Å². The molecule has 0 bridgehead atoms. The van der Waals surface area contributed by atoms with Gasteiger partial charge in [0.25, 0.3) is 0 Å². The third kappa shape index (κ3) is 6.27. The highest BCUT2D eigenvalue weighted by atomic mass is 19.1. The highest BCUT2D eigenvalue weighted by Gasteiger charge is 1.98. The van der Waals surface area contributed by atoms with Crippen LogP contribution in [0.2, 0.25) is 0 Å². The van der Waals surface area contributed by atoms with E-state index in [1.54, 1.807) is 25.3 Å². The molecular weight excluding hydrogens is 280 g/mol. The van der Waals surface area contributed by atoms with Crippen molar-refractivity contribution in [3.63, 3.8) is 0 Å². The molecule has 0 radical (unpaired) electrons. The molecule has 0 amide bonds. The molecule has 1 nitrogen and oxygen atoms in total. The fraction of sp³-hybridized carbons (Fsp3) is 0.105. The predicted molar refractivity (Wildman–Crippen MR) is 90.3 cm³/mol. The van der Waals surface area contributed by atoms with Gasteiger partial charge in [0.05, 0.1) is 5.71 Å². The predicted octanol–water partition coefficient (Wildman–Crippen LogP) is 5.34. The van der Waals surface area contributed by atoms with Gasteiger partial charge >= 0.3 is 0 Å². The number of rotatable bonds is 6. The first kappa shape index (κ1) is 17.5. The van der Waals surface area contributed by atoms with Crippen LogP contribution in [0.25, 0.3) is 0 Å². The summed E-state index contributed by atoms with van der Waals surface area (Å²) >= 11 is 0. The zero-order chi connectivity index (χ0) is 16.4. The summed E-state index contributed by atoms with van der Waals surface area (Å²) in [6.07, 6.45) is 11.5. The van der Waals surface area contributed by atoms with Crippen LogP contribution in [0.1, 0.15) is 12.5 Å². The summed E-state index contributed by atoms with van der Waals surface area (Å²) in [4.78, 5) is 4.16. The minimum absolute atomic E-state index is 0.274. The van der Waals surface area contributed by atoms with E-state index in [1.165, 1.54) is 18.2 Å². The van der Waals surface area contributed by atoms with Gasteiger partial charge in [-0.1, -0.05) is 36.5 Å². The average Bonchev–Trinajstić information content (AvgIpc) is 2.53. The lowest BCUT2D eigenvalue weighted by Crippen LogP contribution is -1.96. The van der Waals surface area contributed by atoms with E-state index in [2.05, 4.69) is 11.6 Å². The summed E-state index contributed by atoms with van der Waals surface area (Å²) in [7, 11) is 1.68. The molecule has 1 aromatic carbocycles. The fourth-order valence-electron chi connectivity index (χ4n) is 1.61. The molecule has 0 aliphatic heterocycles. The van der Waals surface area contributed by atoms with Crippen molar-refractivity contribution in [2.24, 2.45) is 4.99 Å². The summed E-state index contributed by atoms with van der Waals surface area (Å²) in [6, 6.07) is 6.16. The monoisotopic (exact) mass is 299 g/mol. The minimum Gasteiger partial charge on any atom is -0.288 e. The van der Waals surface area contributed by atoms with Gasteiger partial charge in [-0.25, -0.2) is 8.78 Å². The number of allylic oxidation sites excluding steroid dienone is 9. The summed E-state index contributed by atoms with van der Waals surface area (Å²) in [5.41, 5.74) is 2.50. The fourth-order valence-corrected chi connectivity index (χ4v) is 1.61. The molecular formula is C19H19F2N. The molecule has 114 valence electrons. The summed E-state index contributed by atoms with van der Waals surface area (Å²) in [5, 5.41) is 0. The van der Waals surface area contributed by atoms with E-state index in [9.17, 15) is 8.78 Å². The van der Waals surface area contributed by atoms with Crippen molar-refractivity contribution in [1.29, 1.82) is 0 Å². The van der Waals surface area contributed by atoms with Gasteiger partial charge in [-0.15, -0.1) is 0 Å². The second-order valence-electron chi connectivity index (χ2n) is 4.50. The Morgan fingerprint density at radius 3 is 2.32 bits per heavy atom. The largest absolute Gasteiger partial charge is 0.288 e. The van der Waals surface area contributed by atoms with Gasteiger partial charge in [-0.3, -0.25) is 4.99 Å². The van der Waals surface area contributed by atoms with E-state index < -0.39 is 0 Å². The van der Waals surface area contributed by atoms with Crippen LogP contribution < -0.4 is 0 Å². The Balaban J connectivity index is 2.72. The Morgan fingerprint density at radius 2 is 1.73 bits per heavy atom. The van der Waals surface area contributed by atoms with E-state index in [0.29, 0.717) is 0 Å². The standard InChI is InChI=1S/C19H19F2N/c1-4-17(20)12-9-15(2)7-5-6-8-19(22-3)16-10-13-18(21)14-11-16/h4-14H,1H2,2-3H3/b7-5-,8-6-,15-9+,17-12+,22-19?. The number of benzene rings is 1. The Labute approximate surface area is 130 Å². The van der Waals surface area contributed by atoms with Crippen LogP contribution in [0.3, 0.4) is 0 Å². The van der Waals surface area contributed by atoms with Crippen molar-refractivity contribution in [3.8, 4) is 0 Å². The molecule has 22 heavy (non-hydrogen) atoms. The summed E-state index contributed by atoms with van der Waals surface area (Å²) in [5.74, 6) is -0.649. The molecule has 0 aliphatic carbocycles. The molecule has 1 rings (SSSR count). The van der Waals surface area contributed by atoms with E-state index in [4.69, 9.17) is 0 Å². The Kier molecular flexibility index (Phi) is 7.48. The summed E-state index contributed by atoms with van der Waals surface area (Å²) < 4.78 is 25.8. The molecule has 1 aromatic rings. The second-order valence-corrected chi connectivity index (χ2v) is 4.50.